The van der Waals surface area contributed by atoms with E-state index in [1.165, 1.54) is 6.07 Å². The summed E-state index contributed by atoms with van der Waals surface area (Å²) in [6, 6.07) is 4.50. The number of rotatable bonds is 5. The largest absolute Gasteiger partial charge is 0.481 e. The molecule has 1 amide bonds. The summed E-state index contributed by atoms with van der Waals surface area (Å²) in [6.45, 7) is 1.72. The summed E-state index contributed by atoms with van der Waals surface area (Å²) in [5.41, 5.74) is 5.22. The third kappa shape index (κ3) is 3.56. The summed E-state index contributed by atoms with van der Waals surface area (Å²) in [6.07, 6.45) is -0.0253. The third-order valence-electron chi connectivity index (χ3n) is 1.88. The van der Waals surface area contributed by atoms with Gasteiger partial charge in [0.1, 0.15) is 11.5 Å². The number of hydrogen-bond acceptors (Lipinski definition) is 4. The first-order valence-corrected chi connectivity index (χ1v) is 4.74. The van der Waals surface area contributed by atoms with Gasteiger partial charge in [0, 0.05) is 6.04 Å². The Kier molecular flexibility index (Phi) is 3.82. The maximum Gasteiger partial charge on any atom is 0.305 e. The topological polar surface area (TPSA) is 105 Å². The first-order chi connectivity index (χ1) is 7.49. The van der Waals surface area contributed by atoms with Crippen LogP contribution in [-0.2, 0) is 4.79 Å². The number of nitrogens with one attached hydrogen (secondary N) is 1. The van der Waals surface area contributed by atoms with Gasteiger partial charge in [0.15, 0.2) is 0 Å². The zero-order chi connectivity index (χ0) is 12.1. The number of primary amides is 1. The van der Waals surface area contributed by atoms with Crippen LogP contribution < -0.4 is 11.1 Å². The van der Waals surface area contributed by atoms with Crippen molar-refractivity contribution < 1.29 is 14.7 Å². The zero-order valence-electron chi connectivity index (χ0n) is 8.80. The molecule has 0 fully saturated rings. The van der Waals surface area contributed by atoms with Crippen LogP contribution in [0.1, 0.15) is 23.8 Å². The minimum absolute atomic E-state index is 0.0253. The molecule has 1 atom stereocenters. The number of carboxylic acid groups (broad SMARTS) is 1. The minimum atomic E-state index is -0.897. The van der Waals surface area contributed by atoms with E-state index in [2.05, 4.69) is 10.3 Å². The Labute approximate surface area is 92.5 Å². The molecule has 0 saturated carbocycles. The molecule has 16 heavy (non-hydrogen) atoms. The van der Waals surface area contributed by atoms with Crippen molar-refractivity contribution in [2.45, 2.75) is 19.4 Å². The van der Waals surface area contributed by atoms with E-state index < -0.39 is 11.9 Å². The summed E-state index contributed by atoms with van der Waals surface area (Å²) in [4.78, 5) is 25.2. The Morgan fingerprint density at radius 1 is 1.56 bits per heavy atom. The second kappa shape index (κ2) is 5.11. The molecule has 0 aliphatic heterocycles. The quantitative estimate of drug-likeness (QED) is 0.672. The molecule has 1 unspecified atom stereocenters. The van der Waals surface area contributed by atoms with E-state index in [1.807, 2.05) is 0 Å². The second-order valence-corrected chi connectivity index (χ2v) is 3.42. The highest BCUT2D eigenvalue weighted by molar-refractivity contribution is 5.91. The Hall–Kier alpha value is -2.11. The maximum atomic E-state index is 10.9. The Morgan fingerprint density at radius 2 is 2.25 bits per heavy atom. The number of amides is 1. The number of carbonyl (C=O) groups excluding carboxylic acids is 1. The standard InChI is InChI=1S/C10H13N3O3/c1-6(5-9(14)15)12-8-4-2-3-7(13-8)10(11)16/h2-4,6H,5H2,1H3,(H2,11,16)(H,12,13)(H,14,15). The molecule has 0 aliphatic carbocycles. The van der Waals surface area contributed by atoms with Gasteiger partial charge in [-0.1, -0.05) is 6.07 Å². The molecule has 0 spiro atoms. The van der Waals surface area contributed by atoms with Crippen LogP contribution in [0.5, 0.6) is 0 Å². The van der Waals surface area contributed by atoms with Gasteiger partial charge in [-0.25, -0.2) is 4.98 Å². The van der Waals surface area contributed by atoms with Crippen LogP contribution in [-0.4, -0.2) is 28.0 Å². The lowest BCUT2D eigenvalue weighted by Crippen LogP contribution is -2.21. The summed E-state index contributed by atoms with van der Waals surface area (Å²) in [7, 11) is 0. The highest BCUT2D eigenvalue weighted by Gasteiger charge is 2.09. The van der Waals surface area contributed by atoms with Crippen LogP contribution in [0.4, 0.5) is 5.82 Å². The Morgan fingerprint density at radius 3 is 2.81 bits per heavy atom. The zero-order valence-corrected chi connectivity index (χ0v) is 8.80. The molecular weight excluding hydrogens is 210 g/mol. The molecule has 6 heteroatoms. The monoisotopic (exact) mass is 223 g/mol. The molecule has 0 radical (unpaired) electrons. The number of carbonyl (C=O) groups is 2. The Bertz CT molecular complexity index is 406. The predicted octanol–water partition coefficient (Wildman–Crippen LogP) is 0.456. The molecule has 4 N–H and O–H groups in total. The number of nitrogens with two attached hydrogens (primary N) is 1. The lowest BCUT2D eigenvalue weighted by Gasteiger charge is -2.12. The third-order valence-corrected chi connectivity index (χ3v) is 1.88. The van der Waals surface area contributed by atoms with Crippen LogP contribution in [0.25, 0.3) is 0 Å². The van der Waals surface area contributed by atoms with Crippen LogP contribution in [0.2, 0.25) is 0 Å². The summed E-state index contributed by atoms with van der Waals surface area (Å²) in [5.74, 6) is -1.08. The normalized spacial score (nSPS) is 11.8. The molecule has 1 aromatic rings. The molecule has 86 valence electrons. The smallest absolute Gasteiger partial charge is 0.305 e. The summed E-state index contributed by atoms with van der Waals surface area (Å²) in [5, 5.41) is 11.4. The average molecular weight is 223 g/mol. The van der Waals surface area contributed by atoms with Crippen molar-refractivity contribution in [3.8, 4) is 0 Å². The van der Waals surface area contributed by atoms with E-state index in [0.29, 0.717) is 5.82 Å². The average Bonchev–Trinajstić information content (AvgIpc) is 2.16. The molecular formula is C10H13N3O3. The molecule has 0 aromatic carbocycles. The molecule has 0 bridgehead atoms. The fourth-order valence-corrected chi connectivity index (χ4v) is 1.22. The number of carboxylic acids is 1. The van der Waals surface area contributed by atoms with Gasteiger partial charge in [0.05, 0.1) is 6.42 Å². The van der Waals surface area contributed by atoms with Gasteiger partial charge in [-0.05, 0) is 19.1 Å². The summed E-state index contributed by atoms with van der Waals surface area (Å²) >= 11 is 0. The van der Waals surface area contributed by atoms with E-state index in [4.69, 9.17) is 10.8 Å². The molecule has 1 heterocycles. The fraction of sp³-hybridized carbons (Fsp3) is 0.300. The highest BCUT2D eigenvalue weighted by Crippen LogP contribution is 2.07. The second-order valence-electron chi connectivity index (χ2n) is 3.42. The fourth-order valence-electron chi connectivity index (χ4n) is 1.22. The van der Waals surface area contributed by atoms with Crippen LogP contribution in [0.3, 0.4) is 0 Å². The number of hydrogen-bond donors (Lipinski definition) is 3. The van der Waals surface area contributed by atoms with Crippen molar-refractivity contribution in [3.63, 3.8) is 0 Å². The van der Waals surface area contributed by atoms with Crippen molar-refractivity contribution in [2.24, 2.45) is 5.73 Å². The number of aromatic nitrogens is 1. The molecule has 0 saturated heterocycles. The number of nitrogens with zero attached hydrogens (tertiary/aromatic N) is 1. The van der Waals surface area contributed by atoms with Crippen molar-refractivity contribution in [1.82, 2.24) is 4.98 Å². The molecule has 1 aromatic heterocycles. The van der Waals surface area contributed by atoms with Crippen molar-refractivity contribution in [2.75, 3.05) is 5.32 Å². The van der Waals surface area contributed by atoms with Gasteiger partial charge >= 0.3 is 5.97 Å². The van der Waals surface area contributed by atoms with E-state index in [-0.39, 0.29) is 18.2 Å². The van der Waals surface area contributed by atoms with Gasteiger partial charge in [0.2, 0.25) is 0 Å². The van der Waals surface area contributed by atoms with E-state index in [9.17, 15) is 9.59 Å². The van der Waals surface area contributed by atoms with Crippen molar-refractivity contribution >= 4 is 17.7 Å². The minimum Gasteiger partial charge on any atom is -0.481 e. The lowest BCUT2D eigenvalue weighted by atomic mass is 10.2. The first kappa shape index (κ1) is 12.0. The first-order valence-electron chi connectivity index (χ1n) is 4.74. The molecule has 1 rings (SSSR count). The molecule has 0 aliphatic rings. The number of aliphatic carboxylic acids is 1. The van der Waals surface area contributed by atoms with Crippen molar-refractivity contribution in [1.29, 1.82) is 0 Å². The summed E-state index contributed by atoms with van der Waals surface area (Å²) < 4.78 is 0. The molecule has 6 nitrogen and oxygen atoms in total. The predicted molar refractivity (Wildman–Crippen MR) is 58.1 cm³/mol. The van der Waals surface area contributed by atoms with Crippen LogP contribution in [0.15, 0.2) is 18.2 Å². The van der Waals surface area contributed by atoms with Crippen molar-refractivity contribution in [3.05, 3.63) is 23.9 Å². The van der Waals surface area contributed by atoms with Gasteiger partial charge in [-0.2, -0.15) is 0 Å². The van der Waals surface area contributed by atoms with E-state index in [1.54, 1.807) is 19.1 Å². The lowest BCUT2D eigenvalue weighted by molar-refractivity contribution is -0.137. The van der Waals surface area contributed by atoms with Crippen LogP contribution in [0, 0.1) is 0 Å². The SMILES string of the molecule is CC(CC(=O)O)Nc1cccc(C(N)=O)n1. The van der Waals surface area contributed by atoms with Crippen LogP contribution >= 0.6 is 0 Å². The van der Waals surface area contributed by atoms with E-state index in [0.717, 1.165) is 0 Å². The number of pyridine rings is 1. The number of anilines is 1. The van der Waals surface area contributed by atoms with Gasteiger partial charge in [-0.3, -0.25) is 9.59 Å². The maximum absolute atomic E-state index is 10.9. The van der Waals surface area contributed by atoms with Gasteiger partial charge in [0.25, 0.3) is 5.91 Å². The van der Waals surface area contributed by atoms with E-state index >= 15 is 0 Å². The Balaban J connectivity index is 2.70. The van der Waals surface area contributed by atoms with Gasteiger partial charge < -0.3 is 16.2 Å². The highest BCUT2D eigenvalue weighted by atomic mass is 16.4. The van der Waals surface area contributed by atoms with Gasteiger partial charge in [-0.15, -0.1) is 0 Å².